The number of ether oxygens (including phenoxy) is 1. The van der Waals surface area contributed by atoms with Crippen LogP contribution in [0, 0.1) is 0 Å². The van der Waals surface area contributed by atoms with Gasteiger partial charge in [-0.2, -0.15) is 0 Å². The zero-order valence-corrected chi connectivity index (χ0v) is 20.1. The molecule has 0 unspecified atom stereocenters. The van der Waals surface area contributed by atoms with Gasteiger partial charge in [0.15, 0.2) is 0 Å². The van der Waals surface area contributed by atoms with Crippen molar-refractivity contribution in [3.63, 3.8) is 0 Å². The van der Waals surface area contributed by atoms with Gasteiger partial charge in [-0.3, -0.25) is 9.59 Å². The molecule has 1 aliphatic heterocycles. The Morgan fingerprint density at radius 2 is 1.47 bits per heavy atom. The first-order valence-corrected chi connectivity index (χ1v) is 11.7. The summed E-state index contributed by atoms with van der Waals surface area (Å²) in [7, 11) is 0. The standard InChI is InChI=1S/C29H30N2O3/c1-5-30(23-10-8-7-9-11-23)27-26(22-14-18-25(19-15-22)34-6-2)28(32)31(29(27)33)24-16-12-21(13-17-24)20(3)4/h7-20H,5-6H2,1-4H3. The molecular formula is C29H30N2O3. The molecule has 34 heavy (non-hydrogen) atoms. The molecule has 1 aliphatic rings. The van der Waals surface area contributed by atoms with Crippen molar-refractivity contribution in [3.05, 3.63) is 95.7 Å². The Hall–Kier alpha value is -3.86. The van der Waals surface area contributed by atoms with E-state index in [0.717, 1.165) is 17.0 Å². The van der Waals surface area contributed by atoms with Gasteiger partial charge in [-0.15, -0.1) is 0 Å². The second-order valence-electron chi connectivity index (χ2n) is 8.45. The van der Waals surface area contributed by atoms with Crippen LogP contribution in [0.5, 0.6) is 5.75 Å². The van der Waals surface area contributed by atoms with Crippen LogP contribution in [-0.4, -0.2) is 25.0 Å². The summed E-state index contributed by atoms with van der Waals surface area (Å²) in [4.78, 5) is 30.8. The topological polar surface area (TPSA) is 49.9 Å². The van der Waals surface area contributed by atoms with Gasteiger partial charge in [0.1, 0.15) is 11.4 Å². The van der Waals surface area contributed by atoms with E-state index in [9.17, 15) is 9.59 Å². The predicted octanol–water partition coefficient (Wildman–Crippen LogP) is 6.02. The highest BCUT2D eigenvalue weighted by molar-refractivity contribution is 6.46. The summed E-state index contributed by atoms with van der Waals surface area (Å²) in [5.41, 5.74) is 4.06. The number of amides is 2. The third kappa shape index (κ3) is 4.34. The first-order valence-electron chi connectivity index (χ1n) is 11.7. The first-order chi connectivity index (χ1) is 16.5. The Morgan fingerprint density at radius 1 is 0.824 bits per heavy atom. The maximum absolute atomic E-state index is 13.8. The minimum atomic E-state index is -0.323. The third-order valence-corrected chi connectivity index (χ3v) is 5.99. The van der Waals surface area contributed by atoms with E-state index in [2.05, 4.69) is 13.8 Å². The molecule has 174 valence electrons. The lowest BCUT2D eigenvalue weighted by Crippen LogP contribution is -2.35. The van der Waals surface area contributed by atoms with Crippen LogP contribution in [0.4, 0.5) is 11.4 Å². The van der Waals surface area contributed by atoms with Gasteiger partial charge < -0.3 is 9.64 Å². The van der Waals surface area contributed by atoms with E-state index in [1.807, 2.05) is 97.6 Å². The van der Waals surface area contributed by atoms with Crippen LogP contribution in [0.15, 0.2) is 84.6 Å². The molecule has 0 N–H and O–H groups in total. The van der Waals surface area contributed by atoms with Crippen LogP contribution in [0.3, 0.4) is 0 Å². The van der Waals surface area contributed by atoms with Gasteiger partial charge in [-0.05, 0) is 67.3 Å². The second kappa shape index (κ2) is 9.96. The van der Waals surface area contributed by atoms with Gasteiger partial charge >= 0.3 is 0 Å². The van der Waals surface area contributed by atoms with Crippen molar-refractivity contribution in [1.82, 2.24) is 0 Å². The van der Waals surface area contributed by atoms with E-state index in [4.69, 9.17) is 4.74 Å². The van der Waals surface area contributed by atoms with Gasteiger partial charge in [0.25, 0.3) is 11.8 Å². The van der Waals surface area contributed by atoms with E-state index in [-0.39, 0.29) is 11.8 Å². The lowest BCUT2D eigenvalue weighted by molar-refractivity contribution is -0.120. The van der Waals surface area contributed by atoms with E-state index in [1.165, 1.54) is 4.90 Å². The van der Waals surface area contributed by atoms with E-state index >= 15 is 0 Å². The molecule has 0 saturated heterocycles. The molecule has 4 rings (SSSR count). The van der Waals surface area contributed by atoms with Crippen molar-refractivity contribution in [2.45, 2.75) is 33.6 Å². The maximum atomic E-state index is 13.8. The number of likely N-dealkylation sites (N-methyl/N-ethyl adjacent to an activating group) is 1. The number of anilines is 2. The number of nitrogens with zero attached hydrogens (tertiary/aromatic N) is 2. The molecular weight excluding hydrogens is 424 g/mol. The SMILES string of the molecule is CCOc1ccc(C2=C(N(CC)c3ccccc3)C(=O)N(c3ccc(C(C)C)cc3)C2=O)cc1. The summed E-state index contributed by atoms with van der Waals surface area (Å²) in [6.45, 7) is 9.23. The van der Waals surface area contributed by atoms with Gasteiger partial charge in [0, 0.05) is 12.2 Å². The average Bonchev–Trinajstić information content (AvgIpc) is 3.11. The summed E-state index contributed by atoms with van der Waals surface area (Å²) < 4.78 is 5.57. The van der Waals surface area contributed by atoms with Crippen LogP contribution < -0.4 is 14.5 Å². The van der Waals surface area contributed by atoms with Crippen LogP contribution in [0.1, 0.15) is 44.7 Å². The predicted molar refractivity (Wildman–Crippen MR) is 137 cm³/mol. The van der Waals surface area contributed by atoms with E-state index in [1.54, 1.807) is 0 Å². The van der Waals surface area contributed by atoms with Crippen molar-refractivity contribution in [2.75, 3.05) is 23.0 Å². The van der Waals surface area contributed by atoms with Crippen molar-refractivity contribution in [2.24, 2.45) is 0 Å². The fourth-order valence-corrected chi connectivity index (χ4v) is 4.23. The summed E-state index contributed by atoms with van der Waals surface area (Å²) in [5.74, 6) is 0.440. The first kappa shape index (κ1) is 23.3. The zero-order chi connectivity index (χ0) is 24.2. The quantitative estimate of drug-likeness (QED) is 0.391. The fraction of sp³-hybridized carbons (Fsp3) is 0.241. The molecule has 3 aromatic rings. The molecule has 2 amide bonds. The van der Waals surface area contributed by atoms with Crippen molar-refractivity contribution in [1.29, 1.82) is 0 Å². The van der Waals surface area contributed by atoms with Gasteiger partial charge in [0.05, 0.1) is 17.9 Å². The third-order valence-electron chi connectivity index (χ3n) is 5.99. The molecule has 0 radical (unpaired) electrons. The number of hydrogen-bond acceptors (Lipinski definition) is 4. The molecule has 0 spiro atoms. The number of para-hydroxylation sites is 1. The van der Waals surface area contributed by atoms with Crippen LogP contribution in [0.25, 0.3) is 5.57 Å². The number of imide groups is 1. The Balaban J connectivity index is 1.83. The Labute approximate surface area is 201 Å². The summed E-state index contributed by atoms with van der Waals surface area (Å²) in [5, 5.41) is 0. The maximum Gasteiger partial charge on any atom is 0.282 e. The molecule has 1 heterocycles. The monoisotopic (exact) mass is 454 g/mol. The summed E-state index contributed by atoms with van der Waals surface area (Å²) in [6, 6.07) is 24.7. The van der Waals surface area contributed by atoms with Gasteiger partial charge in [-0.1, -0.05) is 56.3 Å². The Bertz CT molecular complexity index is 1200. The lowest BCUT2D eigenvalue weighted by Gasteiger charge is -2.25. The zero-order valence-electron chi connectivity index (χ0n) is 20.1. The molecule has 0 fully saturated rings. The fourth-order valence-electron chi connectivity index (χ4n) is 4.23. The Morgan fingerprint density at radius 3 is 2.03 bits per heavy atom. The summed E-state index contributed by atoms with van der Waals surface area (Å²) >= 11 is 0. The number of benzene rings is 3. The summed E-state index contributed by atoms with van der Waals surface area (Å²) in [6.07, 6.45) is 0. The van der Waals surface area contributed by atoms with Gasteiger partial charge in [-0.25, -0.2) is 4.90 Å². The number of carbonyl (C=O) groups excluding carboxylic acids is 2. The molecule has 3 aromatic carbocycles. The molecule has 0 bridgehead atoms. The highest BCUT2D eigenvalue weighted by Gasteiger charge is 2.42. The van der Waals surface area contributed by atoms with Crippen molar-refractivity contribution in [3.8, 4) is 5.75 Å². The molecule has 0 atom stereocenters. The normalized spacial score (nSPS) is 13.7. The number of rotatable bonds is 8. The number of carbonyl (C=O) groups is 2. The molecule has 0 aromatic heterocycles. The minimum Gasteiger partial charge on any atom is -0.494 e. The minimum absolute atomic E-state index is 0.322. The van der Waals surface area contributed by atoms with Crippen LogP contribution in [-0.2, 0) is 9.59 Å². The smallest absolute Gasteiger partial charge is 0.282 e. The highest BCUT2D eigenvalue weighted by atomic mass is 16.5. The largest absolute Gasteiger partial charge is 0.494 e. The molecule has 0 saturated carbocycles. The van der Waals surface area contributed by atoms with Crippen molar-refractivity contribution >= 4 is 28.8 Å². The van der Waals surface area contributed by atoms with Crippen molar-refractivity contribution < 1.29 is 14.3 Å². The molecule has 0 aliphatic carbocycles. The van der Waals surface area contributed by atoms with Gasteiger partial charge in [0.2, 0.25) is 0 Å². The lowest BCUT2D eigenvalue weighted by atomic mass is 10.0. The van der Waals surface area contributed by atoms with E-state index in [0.29, 0.717) is 41.6 Å². The average molecular weight is 455 g/mol. The van der Waals surface area contributed by atoms with Crippen LogP contribution >= 0.6 is 0 Å². The number of hydrogen-bond donors (Lipinski definition) is 0. The highest BCUT2D eigenvalue weighted by Crippen LogP contribution is 2.37. The van der Waals surface area contributed by atoms with Crippen LogP contribution in [0.2, 0.25) is 0 Å². The Kier molecular flexibility index (Phi) is 6.82. The molecule has 5 heteroatoms. The molecule has 5 nitrogen and oxygen atoms in total. The van der Waals surface area contributed by atoms with E-state index < -0.39 is 0 Å². The second-order valence-corrected chi connectivity index (χ2v) is 8.45.